The summed E-state index contributed by atoms with van der Waals surface area (Å²) in [5.41, 5.74) is 0.737. The second-order valence-corrected chi connectivity index (χ2v) is 10.1. The number of piperazine rings is 1. The van der Waals surface area contributed by atoms with Crippen molar-refractivity contribution in [1.82, 2.24) is 20.2 Å². The van der Waals surface area contributed by atoms with E-state index in [-0.39, 0.29) is 25.6 Å². The Balaban J connectivity index is 1.52. The molecule has 4 N–H and O–H groups in total. The molecule has 208 valence electrons. The summed E-state index contributed by atoms with van der Waals surface area (Å²) in [4.78, 5) is 57.8. The predicted molar refractivity (Wildman–Crippen MR) is 133 cm³/mol. The second-order valence-electron chi connectivity index (χ2n) is 10.1. The van der Waals surface area contributed by atoms with Gasteiger partial charge in [-0.25, -0.2) is 15.1 Å². The minimum atomic E-state index is -1.84. The molecule has 0 aromatic heterocycles. The number of carbonyl (C=O) groups excluding carboxylic acids is 3. The number of carboxylic acid groups (broad SMARTS) is 1. The van der Waals surface area contributed by atoms with Gasteiger partial charge in [-0.15, -0.1) is 0 Å². The van der Waals surface area contributed by atoms with E-state index in [2.05, 4.69) is 4.90 Å². The molecule has 0 aliphatic carbocycles. The van der Waals surface area contributed by atoms with Gasteiger partial charge in [0.2, 0.25) is 11.8 Å². The van der Waals surface area contributed by atoms with E-state index in [0.717, 1.165) is 10.6 Å². The van der Waals surface area contributed by atoms with Gasteiger partial charge in [0.25, 0.3) is 0 Å². The Morgan fingerprint density at radius 1 is 1.08 bits per heavy atom. The average molecular weight is 534 g/mol. The van der Waals surface area contributed by atoms with Crippen molar-refractivity contribution in [2.45, 2.75) is 43.9 Å². The van der Waals surface area contributed by atoms with Gasteiger partial charge >= 0.3 is 12.2 Å². The normalized spacial score (nSPS) is 27.7. The van der Waals surface area contributed by atoms with Gasteiger partial charge in [-0.05, 0) is 31.9 Å². The number of para-hydroxylation sites is 1. The summed E-state index contributed by atoms with van der Waals surface area (Å²) in [6.45, 7) is 2.93. The maximum Gasteiger partial charge on any atom is 0.410 e. The number of rotatable bonds is 5. The van der Waals surface area contributed by atoms with Gasteiger partial charge in [-0.3, -0.25) is 19.7 Å². The van der Waals surface area contributed by atoms with Gasteiger partial charge in [-0.1, -0.05) is 18.2 Å². The Hall–Kier alpha value is -3.58. The van der Waals surface area contributed by atoms with E-state index in [1.165, 1.54) is 16.7 Å². The summed E-state index contributed by atoms with van der Waals surface area (Å²) in [7, 11) is 0. The van der Waals surface area contributed by atoms with Gasteiger partial charge in [0.15, 0.2) is 0 Å². The van der Waals surface area contributed by atoms with Crippen LogP contribution in [0.15, 0.2) is 30.3 Å². The Bertz CT molecular complexity index is 1030. The van der Waals surface area contributed by atoms with Crippen LogP contribution in [-0.4, -0.2) is 118 Å². The molecule has 4 atom stereocenters. The third kappa shape index (κ3) is 5.20. The highest BCUT2D eigenvalue weighted by Gasteiger charge is 2.58. The zero-order chi connectivity index (χ0) is 27.4. The summed E-state index contributed by atoms with van der Waals surface area (Å²) in [6.07, 6.45) is -2.03. The molecule has 3 saturated heterocycles. The predicted octanol–water partition coefficient (Wildman–Crippen LogP) is 0.561. The molecule has 4 amide bonds. The lowest BCUT2D eigenvalue weighted by atomic mass is 9.75. The van der Waals surface area contributed by atoms with Crippen molar-refractivity contribution >= 4 is 29.7 Å². The lowest BCUT2D eigenvalue weighted by Crippen LogP contribution is -2.71. The molecule has 3 aliphatic heterocycles. The fourth-order valence-electron chi connectivity index (χ4n) is 5.82. The van der Waals surface area contributed by atoms with Crippen LogP contribution in [0.1, 0.15) is 26.2 Å². The molecule has 13 heteroatoms. The number of hydroxylamine groups is 1. The number of aliphatic hydroxyl groups is 1. The number of nitrogens with one attached hydrogen (secondary N) is 1. The molecule has 0 bridgehead atoms. The number of carbonyl (C=O) groups is 4. The highest BCUT2D eigenvalue weighted by molar-refractivity contribution is 5.96. The highest BCUT2D eigenvalue weighted by atomic mass is 16.6. The van der Waals surface area contributed by atoms with Gasteiger partial charge in [0.05, 0.1) is 25.1 Å². The summed E-state index contributed by atoms with van der Waals surface area (Å²) < 4.78 is 5.57. The van der Waals surface area contributed by atoms with Gasteiger partial charge in [0.1, 0.15) is 11.6 Å². The summed E-state index contributed by atoms with van der Waals surface area (Å²) in [5, 5.41) is 29.1. The minimum absolute atomic E-state index is 0.161. The number of hydrogen-bond acceptors (Lipinski definition) is 8. The maximum absolute atomic E-state index is 13.9. The standard InChI is InChI=1S/C25H35N5O8/c1-25(22(33)28-12-10-27(11-13-28)17-6-3-2-4-7-17)20(21(32)26-37)14-19(15-30(25)23(34)35)38-24(36)29-9-5-8-18(29)16-31/h2-4,6-7,18-20,31,37H,5,8-16H2,1H3,(H,26,32)(H,34,35)/t18-,19-,20+,25-/m0/s1. The van der Waals surface area contributed by atoms with Crippen molar-refractivity contribution < 1.29 is 39.3 Å². The fourth-order valence-corrected chi connectivity index (χ4v) is 5.82. The molecule has 3 fully saturated rings. The number of piperidine rings is 1. The van der Waals surface area contributed by atoms with Crippen molar-refractivity contribution in [1.29, 1.82) is 0 Å². The number of amides is 4. The Morgan fingerprint density at radius 2 is 1.76 bits per heavy atom. The van der Waals surface area contributed by atoms with E-state index >= 15 is 0 Å². The molecule has 0 radical (unpaired) electrons. The molecule has 0 unspecified atom stereocenters. The van der Waals surface area contributed by atoms with Gasteiger partial charge in [-0.2, -0.15) is 0 Å². The zero-order valence-corrected chi connectivity index (χ0v) is 21.4. The molecule has 13 nitrogen and oxygen atoms in total. The van der Waals surface area contributed by atoms with Crippen LogP contribution in [0.5, 0.6) is 0 Å². The maximum atomic E-state index is 13.9. The van der Waals surface area contributed by atoms with Crippen molar-refractivity contribution in [2.75, 3.05) is 50.8 Å². The van der Waals surface area contributed by atoms with E-state index < -0.39 is 41.6 Å². The quantitative estimate of drug-likeness (QED) is 0.313. The topological polar surface area (TPSA) is 163 Å². The number of anilines is 1. The average Bonchev–Trinajstić information content (AvgIpc) is 3.43. The fraction of sp³-hybridized carbons (Fsp3) is 0.600. The summed E-state index contributed by atoms with van der Waals surface area (Å²) in [6, 6.07) is 9.33. The number of likely N-dealkylation sites (tertiary alicyclic amines) is 2. The molecule has 0 saturated carbocycles. The Kier molecular flexibility index (Phi) is 8.26. The first-order valence-electron chi connectivity index (χ1n) is 12.8. The van der Waals surface area contributed by atoms with Crippen LogP contribution < -0.4 is 10.4 Å². The Morgan fingerprint density at radius 3 is 2.37 bits per heavy atom. The highest BCUT2D eigenvalue weighted by Crippen LogP contribution is 2.38. The first-order chi connectivity index (χ1) is 18.2. The lowest BCUT2D eigenvalue weighted by molar-refractivity contribution is -0.162. The molecule has 1 aromatic carbocycles. The van der Waals surface area contributed by atoms with Crippen molar-refractivity contribution in [2.24, 2.45) is 5.92 Å². The summed E-state index contributed by atoms with van der Waals surface area (Å²) in [5.74, 6) is -2.81. The second kappa shape index (κ2) is 11.4. The van der Waals surface area contributed by atoms with Gasteiger partial charge < -0.3 is 29.6 Å². The van der Waals surface area contributed by atoms with Gasteiger partial charge in [0, 0.05) is 44.8 Å². The molecular weight excluding hydrogens is 498 g/mol. The zero-order valence-electron chi connectivity index (χ0n) is 21.4. The van der Waals surface area contributed by atoms with Crippen molar-refractivity contribution in [3.63, 3.8) is 0 Å². The van der Waals surface area contributed by atoms with Crippen LogP contribution in [0.25, 0.3) is 0 Å². The first-order valence-corrected chi connectivity index (χ1v) is 12.8. The van der Waals surface area contributed by atoms with E-state index in [0.29, 0.717) is 45.6 Å². The lowest BCUT2D eigenvalue weighted by Gasteiger charge is -2.50. The third-order valence-corrected chi connectivity index (χ3v) is 7.99. The van der Waals surface area contributed by atoms with Crippen molar-refractivity contribution in [3.05, 3.63) is 30.3 Å². The van der Waals surface area contributed by atoms with Crippen LogP contribution in [0.2, 0.25) is 0 Å². The van der Waals surface area contributed by atoms with E-state index in [9.17, 15) is 34.6 Å². The molecule has 1 aromatic rings. The van der Waals surface area contributed by atoms with Crippen LogP contribution in [0.4, 0.5) is 15.3 Å². The number of ether oxygens (including phenoxy) is 1. The van der Waals surface area contributed by atoms with E-state index in [4.69, 9.17) is 4.74 Å². The minimum Gasteiger partial charge on any atom is -0.465 e. The molecule has 0 spiro atoms. The monoisotopic (exact) mass is 533 g/mol. The third-order valence-electron chi connectivity index (χ3n) is 7.99. The molecular formula is C25H35N5O8. The molecule has 38 heavy (non-hydrogen) atoms. The smallest absolute Gasteiger partial charge is 0.410 e. The number of hydrogen-bond donors (Lipinski definition) is 4. The largest absolute Gasteiger partial charge is 0.465 e. The number of benzene rings is 1. The summed E-state index contributed by atoms with van der Waals surface area (Å²) >= 11 is 0. The SMILES string of the molecule is C[C@@]1(C(=O)N2CCN(c3ccccc3)CC2)[C@@H](C(=O)NO)C[C@H](OC(=O)N2CCC[C@H]2CO)CN1C(=O)O. The number of nitrogens with zero attached hydrogens (tertiary/aromatic N) is 4. The number of aliphatic hydroxyl groups excluding tert-OH is 1. The van der Waals surface area contributed by atoms with Crippen LogP contribution in [0.3, 0.4) is 0 Å². The van der Waals surface area contributed by atoms with E-state index in [1.807, 2.05) is 30.3 Å². The van der Waals surface area contributed by atoms with Crippen LogP contribution in [0, 0.1) is 5.92 Å². The van der Waals surface area contributed by atoms with Crippen LogP contribution in [-0.2, 0) is 14.3 Å². The molecule has 3 aliphatic rings. The van der Waals surface area contributed by atoms with Crippen LogP contribution >= 0.6 is 0 Å². The first kappa shape index (κ1) is 27.5. The van der Waals surface area contributed by atoms with E-state index in [1.54, 1.807) is 5.48 Å². The Labute approximate surface area is 220 Å². The molecule has 4 rings (SSSR count). The van der Waals surface area contributed by atoms with Crippen molar-refractivity contribution in [3.8, 4) is 0 Å². The molecule has 3 heterocycles.